The number of hydrogen-bond donors (Lipinski definition) is 2. The van der Waals surface area contributed by atoms with E-state index in [1.54, 1.807) is 0 Å². The van der Waals surface area contributed by atoms with Crippen molar-refractivity contribution in [3.05, 3.63) is 0 Å². The normalized spacial score (nSPS) is 24.6. The molecule has 2 atom stereocenters. The van der Waals surface area contributed by atoms with E-state index in [9.17, 15) is 4.79 Å². The molecule has 1 saturated heterocycles. The van der Waals surface area contributed by atoms with Gasteiger partial charge in [0.25, 0.3) is 0 Å². The summed E-state index contributed by atoms with van der Waals surface area (Å²) in [5.41, 5.74) is 5.28. The van der Waals surface area contributed by atoms with Gasteiger partial charge in [-0.25, -0.2) is 0 Å². The Hall–Kier alpha value is -0.680. The smallest absolute Gasteiger partial charge is 0.225 e. The maximum absolute atomic E-state index is 12.0. The van der Waals surface area contributed by atoms with Gasteiger partial charge in [-0.05, 0) is 12.8 Å². The average molecular weight is 258 g/mol. The minimum Gasteiger partial charge on any atom is -0.393 e. The zero-order valence-electron chi connectivity index (χ0n) is 10.8. The number of thiocarbonyl (C=S) groups is 1. The largest absolute Gasteiger partial charge is 0.393 e. The van der Waals surface area contributed by atoms with Crippen molar-refractivity contribution in [1.82, 2.24) is 5.32 Å². The molecule has 2 unspecified atom stereocenters. The summed E-state index contributed by atoms with van der Waals surface area (Å²) in [6.07, 6.45) is 1.73. The Morgan fingerprint density at radius 2 is 2.24 bits per heavy atom. The summed E-state index contributed by atoms with van der Waals surface area (Å²) in [6.45, 7) is 7.05. The number of rotatable bonds is 5. The second-order valence-electron chi connectivity index (χ2n) is 5.18. The van der Waals surface area contributed by atoms with Gasteiger partial charge in [-0.3, -0.25) is 4.79 Å². The zero-order valence-corrected chi connectivity index (χ0v) is 11.6. The molecule has 1 heterocycles. The summed E-state index contributed by atoms with van der Waals surface area (Å²) >= 11 is 4.97. The molecule has 5 heteroatoms. The molecule has 0 aromatic rings. The Morgan fingerprint density at radius 1 is 1.59 bits per heavy atom. The Kier molecular flexibility index (Phi) is 4.89. The Labute approximate surface area is 108 Å². The molecular weight excluding hydrogens is 236 g/mol. The molecule has 98 valence electrons. The lowest BCUT2D eigenvalue weighted by Crippen LogP contribution is -2.44. The quantitative estimate of drug-likeness (QED) is 0.728. The van der Waals surface area contributed by atoms with Gasteiger partial charge in [-0.15, -0.1) is 0 Å². The van der Waals surface area contributed by atoms with E-state index in [4.69, 9.17) is 22.7 Å². The van der Waals surface area contributed by atoms with Gasteiger partial charge in [-0.1, -0.05) is 33.0 Å². The van der Waals surface area contributed by atoms with E-state index in [-0.39, 0.29) is 23.3 Å². The van der Waals surface area contributed by atoms with Crippen molar-refractivity contribution < 1.29 is 9.53 Å². The monoisotopic (exact) mass is 258 g/mol. The van der Waals surface area contributed by atoms with Crippen molar-refractivity contribution in [2.75, 3.05) is 13.2 Å². The van der Waals surface area contributed by atoms with Gasteiger partial charge in [0.1, 0.15) is 0 Å². The van der Waals surface area contributed by atoms with Gasteiger partial charge in [0, 0.05) is 18.6 Å². The van der Waals surface area contributed by atoms with E-state index in [2.05, 4.69) is 5.32 Å². The van der Waals surface area contributed by atoms with Gasteiger partial charge >= 0.3 is 0 Å². The molecule has 1 aliphatic heterocycles. The second-order valence-corrected chi connectivity index (χ2v) is 5.62. The maximum Gasteiger partial charge on any atom is 0.225 e. The van der Waals surface area contributed by atoms with E-state index >= 15 is 0 Å². The summed E-state index contributed by atoms with van der Waals surface area (Å²) in [4.78, 5) is 12.4. The van der Waals surface area contributed by atoms with Crippen LogP contribution in [0.25, 0.3) is 0 Å². The SMILES string of the molecule is CCC1OCCC1C(=O)NCC(C)(C)C(N)=S. The lowest BCUT2D eigenvalue weighted by Gasteiger charge is -2.25. The molecule has 1 aliphatic rings. The van der Waals surface area contributed by atoms with Crippen LogP contribution in [-0.2, 0) is 9.53 Å². The van der Waals surface area contributed by atoms with E-state index in [0.717, 1.165) is 12.8 Å². The number of ether oxygens (including phenoxy) is 1. The van der Waals surface area contributed by atoms with E-state index in [1.807, 2.05) is 20.8 Å². The summed E-state index contributed by atoms with van der Waals surface area (Å²) in [5.74, 6) is 0.0285. The third-order valence-corrected chi connectivity index (χ3v) is 3.87. The minimum atomic E-state index is -0.341. The number of carbonyl (C=O) groups is 1. The average Bonchev–Trinajstić information content (AvgIpc) is 2.73. The van der Waals surface area contributed by atoms with Crippen LogP contribution in [0.5, 0.6) is 0 Å². The van der Waals surface area contributed by atoms with Crippen molar-refractivity contribution in [1.29, 1.82) is 0 Å². The molecule has 0 saturated carbocycles. The van der Waals surface area contributed by atoms with Crippen LogP contribution < -0.4 is 11.1 Å². The standard InChI is InChI=1S/C12H22N2O2S/c1-4-9-8(5-6-16-9)10(15)14-7-12(2,3)11(13)17/h8-9H,4-7H2,1-3H3,(H2,13,17)(H,14,15). The van der Waals surface area contributed by atoms with Crippen molar-refractivity contribution in [2.24, 2.45) is 17.1 Å². The van der Waals surface area contributed by atoms with Gasteiger partial charge in [-0.2, -0.15) is 0 Å². The highest BCUT2D eigenvalue weighted by molar-refractivity contribution is 7.80. The molecule has 0 radical (unpaired) electrons. The van der Waals surface area contributed by atoms with Crippen molar-refractivity contribution in [3.63, 3.8) is 0 Å². The number of amides is 1. The highest BCUT2D eigenvalue weighted by atomic mass is 32.1. The van der Waals surface area contributed by atoms with Crippen LogP contribution in [0.3, 0.4) is 0 Å². The molecule has 3 N–H and O–H groups in total. The van der Waals surface area contributed by atoms with Crippen LogP contribution in [-0.4, -0.2) is 30.2 Å². The van der Waals surface area contributed by atoms with Crippen LogP contribution >= 0.6 is 12.2 Å². The topological polar surface area (TPSA) is 64.3 Å². The molecule has 0 spiro atoms. The molecule has 1 amide bonds. The molecule has 4 nitrogen and oxygen atoms in total. The van der Waals surface area contributed by atoms with Crippen LogP contribution in [0.15, 0.2) is 0 Å². The van der Waals surface area contributed by atoms with E-state index in [1.165, 1.54) is 0 Å². The van der Waals surface area contributed by atoms with Gasteiger partial charge in [0.15, 0.2) is 0 Å². The Bertz CT molecular complexity index is 305. The van der Waals surface area contributed by atoms with Crippen molar-refractivity contribution in [3.8, 4) is 0 Å². The lowest BCUT2D eigenvalue weighted by atomic mass is 9.92. The Morgan fingerprint density at radius 3 is 2.76 bits per heavy atom. The first-order valence-electron chi connectivity index (χ1n) is 6.07. The number of nitrogens with one attached hydrogen (secondary N) is 1. The fourth-order valence-corrected chi connectivity index (χ4v) is 1.95. The van der Waals surface area contributed by atoms with Crippen LogP contribution in [0.2, 0.25) is 0 Å². The van der Waals surface area contributed by atoms with Crippen molar-refractivity contribution >= 4 is 23.1 Å². The van der Waals surface area contributed by atoms with Crippen LogP contribution in [0.1, 0.15) is 33.6 Å². The Balaban J connectivity index is 2.47. The number of hydrogen-bond acceptors (Lipinski definition) is 3. The first kappa shape index (κ1) is 14.4. The minimum absolute atomic E-state index is 0.0258. The summed E-state index contributed by atoms with van der Waals surface area (Å²) in [5, 5.41) is 2.92. The maximum atomic E-state index is 12.0. The highest BCUT2D eigenvalue weighted by Gasteiger charge is 2.33. The molecule has 17 heavy (non-hydrogen) atoms. The summed E-state index contributed by atoms with van der Waals surface area (Å²) < 4.78 is 5.50. The van der Waals surface area contributed by atoms with Crippen LogP contribution in [0, 0.1) is 11.3 Å². The predicted octanol–water partition coefficient (Wildman–Crippen LogP) is 1.23. The molecule has 0 bridgehead atoms. The summed E-state index contributed by atoms with van der Waals surface area (Å²) in [7, 11) is 0. The van der Waals surface area contributed by atoms with Gasteiger partial charge < -0.3 is 15.8 Å². The number of carbonyl (C=O) groups excluding carboxylic acids is 1. The third kappa shape index (κ3) is 3.64. The van der Waals surface area contributed by atoms with Gasteiger partial charge in [0.05, 0.1) is 17.0 Å². The predicted molar refractivity (Wildman–Crippen MR) is 71.7 cm³/mol. The van der Waals surface area contributed by atoms with Crippen molar-refractivity contribution in [2.45, 2.75) is 39.7 Å². The molecule has 1 rings (SSSR count). The lowest BCUT2D eigenvalue weighted by molar-refractivity contribution is -0.126. The van der Waals surface area contributed by atoms with E-state index < -0.39 is 0 Å². The molecule has 1 fully saturated rings. The first-order chi connectivity index (χ1) is 7.88. The fourth-order valence-electron chi connectivity index (χ4n) is 1.88. The zero-order chi connectivity index (χ0) is 13.1. The summed E-state index contributed by atoms with van der Waals surface area (Å²) in [6, 6.07) is 0. The van der Waals surface area contributed by atoms with Crippen LogP contribution in [0.4, 0.5) is 0 Å². The molecule has 0 aromatic heterocycles. The first-order valence-corrected chi connectivity index (χ1v) is 6.48. The highest BCUT2D eigenvalue weighted by Crippen LogP contribution is 2.24. The third-order valence-electron chi connectivity index (χ3n) is 3.32. The fraction of sp³-hybridized carbons (Fsp3) is 0.833. The number of nitrogens with two attached hydrogens (primary N) is 1. The second kappa shape index (κ2) is 5.78. The van der Waals surface area contributed by atoms with Gasteiger partial charge in [0.2, 0.25) is 5.91 Å². The molecule has 0 aliphatic carbocycles. The van der Waals surface area contributed by atoms with E-state index in [0.29, 0.717) is 18.1 Å². The molecular formula is C12H22N2O2S. The molecule has 0 aromatic carbocycles.